The van der Waals surface area contributed by atoms with E-state index < -0.39 is 0 Å². The van der Waals surface area contributed by atoms with Crippen LogP contribution in [0.5, 0.6) is 0 Å². The quantitative estimate of drug-likeness (QED) is 0.445. The fourth-order valence-corrected chi connectivity index (χ4v) is 3.40. The molecule has 19 heavy (non-hydrogen) atoms. The summed E-state index contributed by atoms with van der Waals surface area (Å²) in [5.74, 6) is 0. The summed E-state index contributed by atoms with van der Waals surface area (Å²) in [7, 11) is 0. The average Bonchev–Trinajstić information content (AvgIpc) is 2.69. The maximum Gasteiger partial charge on any atom is 0.0495 e. The minimum atomic E-state index is 0.777. The van der Waals surface area contributed by atoms with Crippen LogP contribution in [0, 0.1) is 3.57 Å². The van der Waals surface area contributed by atoms with Crippen molar-refractivity contribution < 1.29 is 0 Å². The highest BCUT2D eigenvalue weighted by molar-refractivity contribution is 14.1. The zero-order valence-corrected chi connectivity index (χ0v) is 14.4. The van der Waals surface area contributed by atoms with Gasteiger partial charge in [-0.2, -0.15) is 0 Å². The molecular formula is C15H10BrClIN. The summed E-state index contributed by atoms with van der Waals surface area (Å²) in [5, 5.41) is 2.06. The molecule has 0 spiro atoms. The fraction of sp³-hybridized carbons (Fsp3) is 0.0667. The van der Waals surface area contributed by atoms with Crippen LogP contribution in [0.4, 0.5) is 0 Å². The number of hydrogen-bond donors (Lipinski definition) is 0. The third kappa shape index (κ3) is 2.83. The Hall–Kier alpha value is -0.520. The first-order valence-electron chi connectivity index (χ1n) is 5.82. The van der Waals surface area contributed by atoms with Crippen molar-refractivity contribution in [2.45, 2.75) is 6.54 Å². The van der Waals surface area contributed by atoms with Crippen LogP contribution in [0.15, 0.2) is 53.1 Å². The van der Waals surface area contributed by atoms with Gasteiger partial charge in [0.25, 0.3) is 0 Å². The molecule has 96 valence electrons. The van der Waals surface area contributed by atoms with E-state index in [1.165, 1.54) is 20.0 Å². The van der Waals surface area contributed by atoms with Crippen LogP contribution in [-0.2, 0) is 6.54 Å². The van der Waals surface area contributed by atoms with Gasteiger partial charge < -0.3 is 4.57 Å². The van der Waals surface area contributed by atoms with E-state index in [1.54, 1.807) is 0 Å². The molecule has 1 heterocycles. The molecule has 3 rings (SSSR count). The molecule has 0 saturated carbocycles. The molecule has 0 unspecified atom stereocenters. The molecule has 4 heteroatoms. The number of fused-ring (bicyclic) bond motifs is 1. The van der Waals surface area contributed by atoms with Gasteiger partial charge in [0.15, 0.2) is 0 Å². The molecule has 1 nitrogen and oxygen atoms in total. The van der Waals surface area contributed by atoms with Gasteiger partial charge in [0.1, 0.15) is 0 Å². The van der Waals surface area contributed by atoms with Crippen LogP contribution in [0.25, 0.3) is 10.9 Å². The fourth-order valence-electron chi connectivity index (χ4n) is 2.14. The van der Waals surface area contributed by atoms with Crippen molar-refractivity contribution in [2.24, 2.45) is 0 Å². The van der Waals surface area contributed by atoms with Gasteiger partial charge >= 0.3 is 0 Å². The Bertz CT molecular complexity index is 734. The summed E-state index contributed by atoms with van der Waals surface area (Å²) in [6.45, 7) is 0.859. The summed E-state index contributed by atoms with van der Waals surface area (Å²) in [6.07, 6.45) is 2.19. The topological polar surface area (TPSA) is 4.93 Å². The number of nitrogens with zero attached hydrogens (tertiary/aromatic N) is 1. The van der Waals surface area contributed by atoms with Crippen molar-refractivity contribution >= 4 is 61.0 Å². The van der Waals surface area contributed by atoms with E-state index in [1.807, 2.05) is 12.1 Å². The normalized spacial score (nSPS) is 11.1. The molecule has 0 aliphatic carbocycles. The zero-order chi connectivity index (χ0) is 13.4. The second-order valence-electron chi connectivity index (χ2n) is 4.39. The first-order chi connectivity index (χ1) is 9.13. The van der Waals surface area contributed by atoms with E-state index >= 15 is 0 Å². The molecule has 3 aromatic rings. The molecule has 0 radical (unpaired) electrons. The highest BCUT2D eigenvalue weighted by atomic mass is 127. The number of halogens is 3. The van der Waals surface area contributed by atoms with Gasteiger partial charge in [0.2, 0.25) is 0 Å². The van der Waals surface area contributed by atoms with Crippen molar-refractivity contribution in [3.05, 3.63) is 67.3 Å². The molecule has 1 aromatic heterocycles. The minimum Gasteiger partial charge on any atom is -0.342 e. The Balaban J connectivity index is 2.03. The van der Waals surface area contributed by atoms with Crippen molar-refractivity contribution in [1.29, 1.82) is 0 Å². The predicted octanol–water partition coefficient (Wildman–Crippen LogP) is 5.71. The van der Waals surface area contributed by atoms with Gasteiger partial charge in [0.05, 0.1) is 0 Å². The van der Waals surface area contributed by atoms with Crippen molar-refractivity contribution in [3.8, 4) is 0 Å². The van der Waals surface area contributed by atoms with Crippen molar-refractivity contribution in [3.63, 3.8) is 0 Å². The molecule has 0 aliphatic heterocycles. The van der Waals surface area contributed by atoms with Gasteiger partial charge in [-0.1, -0.05) is 39.7 Å². The number of hydrogen-bond acceptors (Lipinski definition) is 0. The second-order valence-corrected chi connectivity index (χ2v) is 6.91. The van der Waals surface area contributed by atoms with E-state index in [0.717, 1.165) is 16.0 Å². The van der Waals surface area contributed by atoms with Gasteiger partial charge in [0, 0.05) is 36.7 Å². The Morgan fingerprint density at radius 3 is 2.58 bits per heavy atom. The summed E-state index contributed by atoms with van der Waals surface area (Å²) < 4.78 is 4.65. The molecule has 0 amide bonds. The number of rotatable bonds is 2. The van der Waals surface area contributed by atoms with E-state index in [4.69, 9.17) is 11.6 Å². The van der Waals surface area contributed by atoms with E-state index in [0.29, 0.717) is 0 Å². The largest absolute Gasteiger partial charge is 0.342 e. The molecule has 0 N–H and O–H groups in total. The van der Waals surface area contributed by atoms with Crippen LogP contribution in [0.2, 0.25) is 5.02 Å². The molecule has 0 fully saturated rings. The maximum atomic E-state index is 5.92. The monoisotopic (exact) mass is 445 g/mol. The molecule has 0 bridgehead atoms. The lowest BCUT2D eigenvalue weighted by Crippen LogP contribution is -1.97. The lowest BCUT2D eigenvalue weighted by atomic mass is 10.2. The van der Waals surface area contributed by atoms with Gasteiger partial charge in [-0.3, -0.25) is 0 Å². The van der Waals surface area contributed by atoms with Crippen LogP contribution in [0.1, 0.15) is 5.56 Å². The number of benzene rings is 2. The number of aromatic nitrogens is 1. The summed E-state index contributed by atoms with van der Waals surface area (Å²) in [6, 6.07) is 14.4. The van der Waals surface area contributed by atoms with Crippen LogP contribution in [-0.4, -0.2) is 4.57 Å². The van der Waals surface area contributed by atoms with Crippen LogP contribution in [0.3, 0.4) is 0 Å². The molecule has 0 saturated heterocycles. The van der Waals surface area contributed by atoms with E-state index in [-0.39, 0.29) is 0 Å². The Morgan fingerprint density at radius 1 is 1.11 bits per heavy atom. The lowest BCUT2D eigenvalue weighted by Gasteiger charge is -2.06. The van der Waals surface area contributed by atoms with E-state index in [9.17, 15) is 0 Å². The molecule has 2 aromatic carbocycles. The SMILES string of the molecule is Clc1ccc(Cn2cc(I)c3cc(Br)ccc32)cc1. The molecule has 0 atom stereocenters. The van der Waals surface area contributed by atoms with Crippen molar-refractivity contribution in [1.82, 2.24) is 4.57 Å². The van der Waals surface area contributed by atoms with E-state index in [2.05, 4.69) is 79.6 Å². The Kier molecular flexibility index (Phi) is 3.87. The maximum absolute atomic E-state index is 5.92. The first kappa shape index (κ1) is 13.5. The molecular weight excluding hydrogens is 436 g/mol. The summed E-state index contributed by atoms with van der Waals surface area (Å²) in [4.78, 5) is 0. The first-order valence-corrected chi connectivity index (χ1v) is 8.07. The van der Waals surface area contributed by atoms with Gasteiger partial charge in [-0.15, -0.1) is 0 Å². The lowest BCUT2D eigenvalue weighted by molar-refractivity contribution is 0.835. The third-order valence-corrected chi connectivity index (χ3v) is 4.67. The van der Waals surface area contributed by atoms with Gasteiger partial charge in [-0.25, -0.2) is 0 Å². The van der Waals surface area contributed by atoms with Crippen LogP contribution < -0.4 is 0 Å². The zero-order valence-electron chi connectivity index (χ0n) is 9.91. The summed E-state index contributed by atoms with van der Waals surface area (Å²) >= 11 is 11.8. The second kappa shape index (κ2) is 5.46. The third-order valence-electron chi connectivity index (χ3n) is 3.06. The van der Waals surface area contributed by atoms with Gasteiger partial charge in [-0.05, 0) is 58.5 Å². The van der Waals surface area contributed by atoms with Crippen LogP contribution >= 0.6 is 50.1 Å². The minimum absolute atomic E-state index is 0.777. The standard InChI is InChI=1S/C15H10BrClIN/c16-11-3-6-15-13(7-11)14(18)9-19(15)8-10-1-4-12(17)5-2-10/h1-7,9H,8H2. The predicted molar refractivity (Wildman–Crippen MR) is 92.9 cm³/mol. The summed E-state index contributed by atoms with van der Waals surface area (Å²) in [5.41, 5.74) is 2.50. The highest BCUT2D eigenvalue weighted by Gasteiger charge is 2.07. The Morgan fingerprint density at radius 2 is 1.84 bits per heavy atom. The molecule has 0 aliphatic rings. The highest BCUT2D eigenvalue weighted by Crippen LogP contribution is 2.27. The smallest absolute Gasteiger partial charge is 0.0495 e. The van der Waals surface area contributed by atoms with Crippen molar-refractivity contribution in [2.75, 3.05) is 0 Å². The average molecular weight is 447 g/mol. The Labute approximate surface area is 138 Å².